The van der Waals surface area contributed by atoms with Crippen molar-refractivity contribution in [1.82, 2.24) is 10.2 Å². The number of benzene rings is 1. The van der Waals surface area contributed by atoms with Crippen LogP contribution in [0.15, 0.2) is 30.3 Å². The number of likely N-dealkylation sites (tertiary alicyclic amines) is 1. The van der Waals surface area contributed by atoms with Crippen LogP contribution in [0, 0.1) is 11.8 Å². The summed E-state index contributed by atoms with van der Waals surface area (Å²) < 4.78 is 0. The fourth-order valence-corrected chi connectivity index (χ4v) is 3.84. The Kier molecular flexibility index (Phi) is 6.45. The standard InChI is InChI=1S/C18H27N3O.ClH/c1-14(2)21(17-6-4-3-5-7-17)18(22)13-20-9-8-15-10-19-11-16(15)12-20;/h3-7,14-16,19H,8-13H2,1-2H3;1H. The minimum atomic E-state index is 0. The number of piperidine rings is 1. The van der Waals surface area contributed by atoms with E-state index in [0.717, 1.165) is 43.7 Å². The highest BCUT2D eigenvalue weighted by Crippen LogP contribution is 2.26. The summed E-state index contributed by atoms with van der Waals surface area (Å²) in [6, 6.07) is 10.2. The van der Waals surface area contributed by atoms with Gasteiger partial charge in [0.15, 0.2) is 0 Å². The van der Waals surface area contributed by atoms with E-state index in [0.29, 0.717) is 6.54 Å². The fraction of sp³-hybridized carbons (Fsp3) is 0.611. The van der Waals surface area contributed by atoms with Crippen molar-refractivity contribution < 1.29 is 4.79 Å². The van der Waals surface area contributed by atoms with Gasteiger partial charge in [-0.2, -0.15) is 0 Å². The van der Waals surface area contributed by atoms with Crippen LogP contribution in [0.5, 0.6) is 0 Å². The van der Waals surface area contributed by atoms with Crippen molar-refractivity contribution in [3.63, 3.8) is 0 Å². The molecule has 0 aliphatic carbocycles. The molecule has 1 aromatic rings. The number of carbonyl (C=O) groups is 1. The lowest BCUT2D eigenvalue weighted by molar-refractivity contribution is -0.120. The zero-order valence-electron chi connectivity index (χ0n) is 14.1. The average molecular weight is 338 g/mol. The Morgan fingerprint density at radius 1 is 1.26 bits per heavy atom. The molecule has 128 valence electrons. The molecule has 1 amide bonds. The van der Waals surface area contributed by atoms with Gasteiger partial charge in [0.25, 0.3) is 0 Å². The van der Waals surface area contributed by atoms with Crippen LogP contribution < -0.4 is 10.2 Å². The summed E-state index contributed by atoms with van der Waals surface area (Å²) in [7, 11) is 0. The average Bonchev–Trinajstić information content (AvgIpc) is 2.95. The number of carbonyl (C=O) groups excluding carboxylic acids is 1. The lowest BCUT2D eigenvalue weighted by Crippen LogP contribution is -2.48. The van der Waals surface area contributed by atoms with Crippen molar-refractivity contribution >= 4 is 24.0 Å². The second-order valence-corrected chi connectivity index (χ2v) is 6.90. The minimum absolute atomic E-state index is 0. The van der Waals surface area contributed by atoms with Crippen molar-refractivity contribution in [3.8, 4) is 0 Å². The highest BCUT2D eigenvalue weighted by atomic mass is 35.5. The lowest BCUT2D eigenvalue weighted by atomic mass is 9.89. The number of hydrogen-bond donors (Lipinski definition) is 1. The van der Waals surface area contributed by atoms with E-state index in [1.807, 2.05) is 35.2 Å². The third kappa shape index (κ3) is 4.25. The van der Waals surface area contributed by atoms with Crippen molar-refractivity contribution in [2.75, 3.05) is 37.6 Å². The molecule has 2 saturated heterocycles. The molecule has 1 N–H and O–H groups in total. The van der Waals surface area contributed by atoms with E-state index in [2.05, 4.69) is 24.1 Å². The molecule has 2 aliphatic heterocycles. The predicted octanol–water partition coefficient (Wildman–Crippen LogP) is 2.39. The van der Waals surface area contributed by atoms with E-state index < -0.39 is 0 Å². The summed E-state index contributed by atoms with van der Waals surface area (Å²) in [6.07, 6.45) is 1.22. The van der Waals surface area contributed by atoms with Crippen molar-refractivity contribution in [3.05, 3.63) is 30.3 Å². The molecule has 5 heteroatoms. The van der Waals surface area contributed by atoms with Crippen LogP contribution in [0.1, 0.15) is 20.3 Å². The van der Waals surface area contributed by atoms with Gasteiger partial charge in [-0.3, -0.25) is 9.69 Å². The molecular formula is C18H28ClN3O. The lowest BCUT2D eigenvalue weighted by Gasteiger charge is -2.36. The van der Waals surface area contributed by atoms with Crippen LogP contribution in [0.2, 0.25) is 0 Å². The van der Waals surface area contributed by atoms with Crippen LogP contribution in [0.25, 0.3) is 0 Å². The predicted molar refractivity (Wildman–Crippen MR) is 97.2 cm³/mol. The number of nitrogens with zero attached hydrogens (tertiary/aromatic N) is 2. The van der Waals surface area contributed by atoms with Gasteiger partial charge in [-0.05, 0) is 63.9 Å². The molecule has 0 bridgehead atoms. The smallest absolute Gasteiger partial charge is 0.241 e. The molecule has 2 atom stereocenters. The Bertz CT molecular complexity index is 508. The molecule has 4 nitrogen and oxygen atoms in total. The Hall–Kier alpha value is -1.10. The monoisotopic (exact) mass is 337 g/mol. The molecule has 2 aliphatic rings. The number of amides is 1. The Balaban J connectivity index is 0.00000192. The molecule has 2 heterocycles. The Morgan fingerprint density at radius 2 is 1.96 bits per heavy atom. The van der Waals surface area contributed by atoms with Crippen molar-refractivity contribution in [2.24, 2.45) is 11.8 Å². The molecule has 3 rings (SSSR count). The Labute approximate surface area is 145 Å². The number of nitrogens with one attached hydrogen (secondary N) is 1. The van der Waals surface area contributed by atoms with E-state index in [1.54, 1.807) is 0 Å². The van der Waals surface area contributed by atoms with E-state index in [9.17, 15) is 4.79 Å². The number of anilines is 1. The minimum Gasteiger partial charge on any atom is -0.316 e. The number of hydrogen-bond acceptors (Lipinski definition) is 3. The zero-order valence-corrected chi connectivity index (χ0v) is 14.9. The van der Waals surface area contributed by atoms with Crippen LogP contribution >= 0.6 is 12.4 Å². The highest BCUT2D eigenvalue weighted by molar-refractivity contribution is 5.95. The van der Waals surface area contributed by atoms with Crippen molar-refractivity contribution in [2.45, 2.75) is 26.3 Å². The Morgan fingerprint density at radius 3 is 2.65 bits per heavy atom. The second kappa shape index (κ2) is 8.13. The van der Waals surface area contributed by atoms with E-state index >= 15 is 0 Å². The van der Waals surface area contributed by atoms with Crippen LogP contribution in [0.3, 0.4) is 0 Å². The molecule has 23 heavy (non-hydrogen) atoms. The first-order valence-electron chi connectivity index (χ1n) is 8.45. The van der Waals surface area contributed by atoms with Gasteiger partial charge >= 0.3 is 0 Å². The quantitative estimate of drug-likeness (QED) is 0.916. The first-order chi connectivity index (χ1) is 10.6. The van der Waals surface area contributed by atoms with Gasteiger partial charge in [0, 0.05) is 18.3 Å². The fourth-order valence-electron chi connectivity index (χ4n) is 3.84. The second-order valence-electron chi connectivity index (χ2n) is 6.90. The maximum atomic E-state index is 12.8. The largest absolute Gasteiger partial charge is 0.316 e. The summed E-state index contributed by atoms with van der Waals surface area (Å²) in [5.41, 5.74) is 1.000. The summed E-state index contributed by atoms with van der Waals surface area (Å²) in [5, 5.41) is 3.48. The molecule has 2 fully saturated rings. The van der Waals surface area contributed by atoms with Crippen LogP contribution in [-0.2, 0) is 4.79 Å². The molecule has 0 aromatic heterocycles. The summed E-state index contributed by atoms with van der Waals surface area (Å²) in [6.45, 7) is 9.09. The highest BCUT2D eigenvalue weighted by Gasteiger charge is 2.34. The third-order valence-corrected chi connectivity index (χ3v) is 4.97. The number of fused-ring (bicyclic) bond motifs is 1. The van der Waals surface area contributed by atoms with Crippen molar-refractivity contribution in [1.29, 1.82) is 0 Å². The van der Waals surface area contributed by atoms with Gasteiger partial charge in [0.2, 0.25) is 5.91 Å². The van der Waals surface area contributed by atoms with E-state index in [4.69, 9.17) is 0 Å². The maximum absolute atomic E-state index is 12.8. The molecule has 0 spiro atoms. The van der Waals surface area contributed by atoms with Gasteiger partial charge in [-0.25, -0.2) is 0 Å². The summed E-state index contributed by atoms with van der Waals surface area (Å²) in [4.78, 5) is 17.1. The third-order valence-electron chi connectivity index (χ3n) is 4.97. The van der Waals surface area contributed by atoms with Crippen LogP contribution in [0.4, 0.5) is 5.69 Å². The van der Waals surface area contributed by atoms with Gasteiger partial charge in [0.1, 0.15) is 0 Å². The zero-order chi connectivity index (χ0) is 15.5. The summed E-state index contributed by atoms with van der Waals surface area (Å²) >= 11 is 0. The van der Waals surface area contributed by atoms with E-state index in [1.165, 1.54) is 6.42 Å². The number of para-hydroxylation sites is 1. The maximum Gasteiger partial charge on any atom is 0.241 e. The van der Waals surface area contributed by atoms with Gasteiger partial charge in [-0.1, -0.05) is 18.2 Å². The first kappa shape index (κ1) is 18.2. The number of halogens is 1. The van der Waals surface area contributed by atoms with Crippen LogP contribution in [-0.4, -0.2) is 49.6 Å². The summed E-state index contributed by atoms with van der Waals surface area (Å²) in [5.74, 6) is 1.76. The molecule has 0 saturated carbocycles. The first-order valence-corrected chi connectivity index (χ1v) is 8.45. The van der Waals surface area contributed by atoms with Gasteiger partial charge in [-0.15, -0.1) is 12.4 Å². The van der Waals surface area contributed by atoms with Gasteiger partial charge < -0.3 is 10.2 Å². The molecular weight excluding hydrogens is 310 g/mol. The topological polar surface area (TPSA) is 35.6 Å². The molecule has 1 aromatic carbocycles. The van der Waals surface area contributed by atoms with Gasteiger partial charge in [0.05, 0.1) is 6.54 Å². The molecule has 2 unspecified atom stereocenters. The SMILES string of the molecule is CC(C)N(C(=O)CN1CCC2CNCC2C1)c1ccccc1.Cl. The molecule has 0 radical (unpaired) electrons. The van der Waals surface area contributed by atoms with E-state index in [-0.39, 0.29) is 24.4 Å². The number of rotatable bonds is 4. The normalized spacial score (nSPS) is 24.1.